The average Bonchev–Trinajstić information content (AvgIpc) is 2.34. The van der Waals surface area contributed by atoms with Crippen molar-refractivity contribution in [3.05, 3.63) is 47.0 Å². The minimum Gasteiger partial charge on any atom is -0.508 e. The van der Waals surface area contributed by atoms with Crippen molar-refractivity contribution in [2.45, 2.75) is 30.6 Å². The highest BCUT2D eigenvalue weighted by Crippen LogP contribution is 2.31. The molecule has 2 aromatic rings. The molecule has 0 spiro atoms. The molecule has 2 aromatic carbocycles. The quantitative estimate of drug-likeness (QED) is 0.892. The molecule has 0 bridgehead atoms. The maximum atomic E-state index is 12.6. The maximum Gasteiger partial charge on any atom is 0.206 e. The summed E-state index contributed by atoms with van der Waals surface area (Å²) in [4.78, 5) is 0.291. The van der Waals surface area contributed by atoms with E-state index in [1.165, 1.54) is 30.3 Å². The molecule has 0 aliphatic rings. The lowest BCUT2D eigenvalue weighted by Gasteiger charge is -2.11. The summed E-state index contributed by atoms with van der Waals surface area (Å²) in [5.74, 6) is 0.130. The number of benzene rings is 2. The second kappa shape index (κ2) is 4.83. The standard InChI is InChI=1S/C15H16O4S/c1-9-6-12(16)4-5-14(9)20(18,19)13-7-10(2)15(17)11(3)8-13/h4-8,16-17H,1-3H3. The van der Waals surface area contributed by atoms with Crippen LogP contribution in [0.2, 0.25) is 0 Å². The summed E-state index contributed by atoms with van der Waals surface area (Å²) in [6, 6.07) is 7.04. The van der Waals surface area contributed by atoms with Crippen LogP contribution in [0.1, 0.15) is 16.7 Å². The van der Waals surface area contributed by atoms with Crippen LogP contribution in [0, 0.1) is 20.8 Å². The van der Waals surface area contributed by atoms with Crippen LogP contribution >= 0.6 is 0 Å². The van der Waals surface area contributed by atoms with Gasteiger partial charge in [0.25, 0.3) is 0 Å². The predicted molar refractivity (Wildman–Crippen MR) is 75.9 cm³/mol. The van der Waals surface area contributed by atoms with Crippen molar-refractivity contribution < 1.29 is 18.6 Å². The van der Waals surface area contributed by atoms with Crippen molar-refractivity contribution >= 4 is 9.84 Å². The van der Waals surface area contributed by atoms with Crippen molar-refractivity contribution in [2.75, 3.05) is 0 Å². The van der Waals surface area contributed by atoms with Gasteiger partial charge in [-0.15, -0.1) is 0 Å². The fraction of sp³-hybridized carbons (Fsp3) is 0.200. The summed E-state index contributed by atoms with van der Waals surface area (Å²) >= 11 is 0. The number of aromatic hydroxyl groups is 2. The van der Waals surface area contributed by atoms with Gasteiger partial charge in [0.15, 0.2) is 0 Å². The molecule has 0 atom stereocenters. The molecule has 0 saturated carbocycles. The first-order valence-electron chi connectivity index (χ1n) is 6.08. The molecule has 0 amide bonds. The highest BCUT2D eigenvalue weighted by Gasteiger charge is 2.21. The second-order valence-corrected chi connectivity index (χ2v) is 6.78. The second-order valence-electron chi connectivity index (χ2n) is 4.86. The van der Waals surface area contributed by atoms with Crippen LogP contribution in [0.4, 0.5) is 0 Å². The van der Waals surface area contributed by atoms with E-state index in [1.807, 2.05) is 0 Å². The molecule has 0 heterocycles. The number of hydrogen-bond acceptors (Lipinski definition) is 4. The minimum atomic E-state index is -3.67. The lowest BCUT2D eigenvalue weighted by atomic mass is 10.1. The first-order chi connectivity index (χ1) is 9.23. The number of aryl methyl sites for hydroxylation is 3. The van der Waals surface area contributed by atoms with E-state index in [1.54, 1.807) is 20.8 Å². The zero-order valence-electron chi connectivity index (χ0n) is 11.5. The van der Waals surface area contributed by atoms with Crippen molar-refractivity contribution in [2.24, 2.45) is 0 Å². The van der Waals surface area contributed by atoms with E-state index in [0.29, 0.717) is 16.7 Å². The van der Waals surface area contributed by atoms with Gasteiger partial charge in [0.1, 0.15) is 11.5 Å². The molecular formula is C15H16O4S. The lowest BCUT2D eigenvalue weighted by molar-refractivity contribution is 0.466. The molecule has 0 aliphatic heterocycles. The SMILES string of the molecule is Cc1cc(O)ccc1S(=O)(=O)c1cc(C)c(O)c(C)c1. The molecule has 5 heteroatoms. The summed E-state index contributed by atoms with van der Waals surface area (Å²) < 4.78 is 25.2. The van der Waals surface area contributed by atoms with Crippen LogP contribution in [0.25, 0.3) is 0 Å². The van der Waals surface area contributed by atoms with Crippen molar-refractivity contribution in [1.82, 2.24) is 0 Å². The van der Waals surface area contributed by atoms with Gasteiger partial charge < -0.3 is 10.2 Å². The first-order valence-corrected chi connectivity index (χ1v) is 7.56. The molecule has 4 nitrogen and oxygen atoms in total. The van der Waals surface area contributed by atoms with Crippen LogP contribution < -0.4 is 0 Å². The van der Waals surface area contributed by atoms with Gasteiger partial charge in [-0.2, -0.15) is 0 Å². The Bertz CT molecular complexity index is 753. The van der Waals surface area contributed by atoms with Gasteiger partial charge in [0.2, 0.25) is 9.84 Å². The topological polar surface area (TPSA) is 74.6 Å². The molecule has 2 rings (SSSR count). The minimum absolute atomic E-state index is 0.0273. The van der Waals surface area contributed by atoms with Crippen LogP contribution in [0.15, 0.2) is 40.1 Å². The third-order valence-electron chi connectivity index (χ3n) is 3.22. The Kier molecular flexibility index (Phi) is 3.48. The summed E-state index contributed by atoms with van der Waals surface area (Å²) in [5, 5.41) is 19.1. The number of hydrogen-bond donors (Lipinski definition) is 2. The molecule has 0 aliphatic carbocycles. The Morgan fingerprint density at radius 1 is 0.850 bits per heavy atom. The van der Waals surface area contributed by atoms with Crippen LogP contribution in [0.5, 0.6) is 11.5 Å². The van der Waals surface area contributed by atoms with Crippen molar-refractivity contribution in [3.8, 4) is 11.5 Å². The van der Waals surface area contributed by atoms with Crippen LogP contribution in [0.3, 0.4) is 0 Å². The zero-order chi connectivity index (χ0) is 15.1. The van der Waals surface area contributed by atoms with Gasteiger partial charge in [-0.25, -0.2) is 8.42 Å². The normalized spacial score (nSPS) is 11.6. The van der Waals surface area contributed by atoms with Crippen LogP contribution in [-0.4, -0.2) is 18.6 Å². The molecule has 0 radical (unpaired) electrons. The molecule has 20 heavy (non-hydrogen) atoms. The van der Waals surface area contributed by atoms with Gasteiger partial charge >= 0.3 is 0 Å². The van der Waals surface area contributed by atoms with Gasteiger partial charge in [0.05, 0.1) is 9.79 Å². The number of rotatable bonds is 2. The van der Waals surface area contributed by atoms with Crippen molar-refractivity contribution in [3.63, 3.8) is 0 Å². The Morgan fingerprint density at radius 3 is 1.90 bits per heavy atom. The summed E-state index contributed by atoms with van der Waals surface area (Å²) in [6.07, 6.45) is 0. The van der Waals surface area contributed by atoms with Gasteiger partial charge in [0, 0.05) is 0 Å². The molecule has 106 valence electrons. The average molecular weight is 292 g/mol. The fourth-order valence-corrected chi connectivity index (χ4v) is 3.78. The van der Waals surface area contributed by atoms with E-state index < -0.39 is 9.84 Å². The largest absolute Gasteiger partial charge is 0.508 e. The predicted octanol–water partition coefficient (Wildman–Crippen LogP) is 2.86. The Morgan fingerprint density at radius 2 is 1.40 bits per heavy atom. The molecule has 0 saturated heterocycles. The summed E-state index contributed by atoms with van der Waals surface area (Å²) in [7, 11) is -3.67. The maximum absolute atomic E-state index is 12.6. The third-order valence-corrected chi connectivity index (χ3v) is 5.12. The van der Waals surface area contributed by atoms with E-state index in [9.17, 15) is 18.6 Å². The highest BCUT2D eigenvalue weighted by atomic mass is 32.2. The molecular weight excluding hydrogens is 276 g/mol. The van der Waals surface area contributed by atoms with Gasteiger partial charge in [-0.1, -0.05) is 0 Å². The van der Waals surface area contributed by atoms with Gasteiger partial charge in [-0.3, -0.25) is 0 Å². The monoisotopic (exact) mass is 292 g/mol. The molecule has 0 unspecified atom stereocenters. The molecule has 0 aromatic heterocycles. The Balaban J connectivity index is 2.67. The van der Waals surface area contributed by atoms with Crippen LogP contribution in [-0.2, 0) is 9.84 Å². The summed E-state index contributed by atoms with van der Waals surface area (Å²) in [5.41, 5.74) is 1.51. The fourth-order valence-electron chi connectivity index (χ4n) is 2.13. The first kappa shape index (κ1) is 14.4. The van der Waals surface area contributed by atoms with E-state index in [0.717, 1.165) is 0 Å². The van der Waals surface area contributed by atoms with E-state index in [4.69, 9.17) is 0 Å². The van der Waals surface area contributed by atoms with E-state index >= 15 is 0 Å². The summed E-state index contributed by atoms with van der Waals surface area (Å²) in [6.45, 7) is 4.95. The smallest absolute Gasteiger partial charge is 0.206 e. The Labute approximate surface area is 118 Å². The number of phenols is 2. The Hall–Kier alpha value is -2.01. The highest BCUT2D eigenvalue weighted by molar-refractivity contribution is 7.91. The third kappa shape index (κ3) is 2.36. The van der Waals surface area contributed by atoms with E-state index in [2.05, 4.69) is 0 Å². The number of phenolic OH excluding ortho intramolecular Hbond substituents is 2. The molecule has 0 fully saturated rings. The van der Waals surface area contributed by atoms with Gasteiger partial charge in [-0.05, 0) is 67.8 Å². The molecule has 2 N–H and O–H groups in total. The van der Waals surface area contributed by atoms with E-state index in [-0.39, 0.29) is 21.3 Å². The zero-order valence-corrected chi connectivity index (χ0v) is 12.3. The number of sulfone groups is 1. The van der Waals surface area contributed by atoms with Crippen molar-refractivity contribution in [1.29, 1.82) is 0 Å². The lowest BCUT2D eigenvalue weighted by Crippen LogP contribution is -2.05.